The highest BCUT2D eigenvalue weighted by Gasteiger charge is 2.19. The third kappa shape index (κ3) is 3.11. The van der Waals surface area contributed by atoms with Crippen LogP contribution in [0.25, 0.3) is 0 Å². The largest absolute Gasteiger partial charge is 0.322 e. The molecule has 0 aliphatic carbocycles. The number of nitrogens with two attached hydrogens (primary N) is 1. The molecule has 3 N–H and O–H groups in total. The zero-order chi connectivity index (χ0) is 12.3. The zero-order valence-electron chi connectivity index (χ0n) is 9.13. The summed E-state index contributed by atoms with van der Waals surface area (Å²) in [6.07, 6.45) is 0. The fraction of sp³-hybridized carbons (Fsp3) is 0.364. The van der Waals surface area contributed by atoms with Crippen LogP contribution in [-0.2, 0) is 4.79 Å². The van der Waals surface area contributed by atoms with Crippen molar-refractivity contribution < 1.29 is 4.79 Å². The molecule has 0 saturated heterocycles. The first-order chi connectivity index (χ1) is 7.43. The topological polar surface area (TPSA) is 55.1 Å². The van der Waals surface area contributed by atoms with Crippen molar-refractivity contribution in [2.24, 2.45) is 11.7 Å². The second-order valence-electron chi connectivity index (χ2n) is 3.86. The molecule has 0 radical (unpaired) electrons. The minimum absolute atomic E-state index is 0.0567. The molecule has 1 atom stereocenters. The molecule has 0 aliphatic rings. The van der Waals surface area contributed by atoms with E-state index in [1.165, 1.54) is 0 Å². The summed E-state index contributed by atoms with van der Waals surface area (Å²) in [5.41, 5.74) is 6.12. The van der Waals surface area contributed by atoms with E-state index < -0.39 is 6.04 Å². The van der Waals surface area contributed by atoms with Gasteiger partial charge in [0.25, 0.3) is 0 Å². The van der Waals surface area contributed by atoms with Crippen molar-refractivity contribution in [3.8, 4) is 0 Å². The van der Waals surface area contributed by atoms with Crippen LogP contribution in [0.1, 0.15) is 13.8 Å². The van der Waals surface area contributed by atoms with Gasteiger partial charge in [-0.1, -0.05) is 43.1 Å². The van der Waals surface area contributed by atoms with Crippen molar-refractivity contribution in [2.75, 3.05) is 5.32 Å². The maximum atomic E-state index is 11.7. The number of hydrogen-bond acceptors (Lipinski definition) is 2. The smallest absolute Gasteiger partial charge is 0.241 e. The van der Waals surface area contributed by atoms with Crippen LogP contribution < -0.4 is 11.1 Å². The number of rotatable bonds is 3. The average Bonchev–Trinajstić information content (AvgIpc) is 2.22. The Bertz CT molecular complexity index is 373. The molecule has 5 heteroatoms. The van der Waals surface area contributed by atoms with Crippen LogP contribution in [-0.4, -0.2) is 11.9 Å². The quantitative estimate of drug-likeness (QED) is 0.878. The van der Waals surface area contributed by atoms with Crippen molar-refractivity contribution >= 4 is 34.8 Å². The average molecular weight is 261 g/mol. The van der Waals surface area contributed by atoms with E-state index in [4.69, 9.17) is 28.9 Å². The summed E-state index contributed by atoms with van der Waals surface area (Å²) >= 11 is 11.8. The summed E-state index contributed by atoms with van der Waals surface area (Å²) < 4.78 is 0. The van der Waals surface area contributed by atoms with Gasteiger partial charge in [-0.15, -0.1) is 0 Å². The molecule has 1 amide bonds. The Morgan fingerprint density at radius 1 is 1.31 bits per heavy atom. The first-order valence-corrected chi connectivity index (χ1v) is 5.69. The number of hydrogen-bond donors (Lipinski definition) is 2. The van der Waals surface area contributed by atoms with Gasteiger partial charge in [-0.2, -0.15) is 0 Å². The number of carbonyl (C=O) groups is 1. The van der Waals surface area contributed by atoms with Gasteiger partial charge in [0.1, 0.15) is 0 Å². The van der Waals surface area contributed by atoms with Gasteiger partial charge in [0.2, 0.25) is 5.91 Å². The van der Waals surface area contributed by atoms with Crippen LogP contribution in [0.2, 0.25) is 10.0 Å². The van der Waals surface area contributed by atoms with Crippen molar-refractivity contribution in [2.45, 2.75) is 19.9 Å². The lowest BCUT2D eigenvalue weighted by Crippen LogP contribution is -2.39. The van der Waals surface area contributed by atoms with Gasteiger partial charge in [-0.05, 0) is 18.1 Å². The van der Waals surface area contributed by atoms with E-state index in [2.05, 4.69) is 5.32 Å². The van der Waals surface area contributed by atoms with Gasteiger partial charge >= 0.3 is 0 Å². The van der Waals surface area contributed by atoms with E-state index in [1.807, 2.05) is 13.8 Å². The lowest BCUT2D eigenvalue weighted by atomic mass is 10.0. The molecule has 0 saturated carbocycles. The summed E-state index contributed by atoms with van der Waals surface area (Å²) in [7, 11) is 0. The van der Waals surface area contributed by atoms with E-state index >= 15 is 0 Å². The summed E-state index contributed by atoms with van der Waals surface area (Å²) in [5, 5.41) is 3.43. The number of anilines is 1. The summed E-state index contributed by atoms with van der Waals surface area (Å²) in [6, 6.07) is 4.45. The van der Waals surface area contributed by atoms with E-state index in [1.54, 1.807) is 18.2 Å². The molecule has 88 valence electrons. The highest BCUT2D eigenvalue weighted by molar-refractivity contribution is 6.39. The van der Waals surface area contributed by atoms with Crippen molar-refractivity contribution in [3.05, 3.63) is 28.2 Å². The van der Waals surface area contributed by atoms with Crippen LogP contribution in [0.15, 0.2) is 18.2 Å². The third-order valence-electron chi connectivity index (χ3n) is 2.23. The predicted molar refractivity (Wildman–Crippen MR) is 67.9 cm³/mol. The van der Waals surface area contributed by atoms with Crippen LogP contribution in [0.3, 0.4) is 0 Å². The minimum Gasteiger partial charge on any atom is -0.322 e. The van der Waals surface area contributed by atoms with Gasteiger partial charge in [0, 0.05) is 0 Å². The molecule has 0 fully saturated rings. The Balaban J connectivity index is 2.85. The number of para-hydroxylation sites is 1. The minimum atomic E-state index is -0.577. The molecule has 3 nitrogen and oxygen atoms in total. The second-order valence-corrected chi connectivity index (χ2v) is 4.67. The van der Waals surface area contributed by atoms with Gasteiger partial charge < -0.3 is 11.1 Å². The van der Waals surface area contributed by atoms with Crippen LogP contribution in [0.5, 0.6) is 0 Å². The fourth-order valence-electron chi connectivity index (χ4n) is 1.13. The Kier molecular flexibility index (Phi) is 4.59. The highest BCUT2D eigenvalue weighted by atomic mass is 35.5. The molecule has 1 rings (SSSR count). The molecular weight excluding hydrogens is 247 g/mol. The number of benzene rings is 1. The van der Waals surface area contributed by atoms with Crippen molar-refractivity contribution in [1.82, 2.24) is 0 Å². The van der Waals surface area contributed by atoms with Gasteiger partial charge in [0.05, 0.1) is 21.8 Å². The van der Waals surface area contributed by atoms with Crippen LogP contribution in [0, 0.1) is 5.92 Å². The number of nitrogens with one attached hydrogen (secondary N) is 1. The molecule has 1 aromatic rings. The second kappa shape index (κ2) is 5.53. The zero-order valence-corrected chi connectivity index (χ0v) is 10.6. The molecule has 0 heterocycles. The monoisotopic (exact) mass is 260 g/mol. The van der Waals surface area contributed by atoms with E-state index in [9.17, 15) is 4.79 Å². The van der Waals surface area contributed by atoms with E-state index in [0.29, 0.717) is 15.7 Å². The first kappa shape index (κ1) is 13.3. The first-order valence-electron chi connectivity index (χ1n) is 4.94. The Morgan fingerprint density at radius 2 is 1.81 bits per heavy atom. The van der Waals surface area contributed by atoms with Crippen molar-refractivity contribution in [1.29, 1.82) is 0 Å². The van der Waals surface area contributed by atoms with Gasteiger partial charge in [-0.3, -0.25) is 4.79 Å². The molecule has 0 aliphatic heterocycles. The normalized spacial score (nSPS) is 12.6. The van der Waals surface area contributed by atoms with Gasteiger partial charge in [0.15, 0.2) is 0 Å². The van der Waals surface area contributed by atoms with Crippen LogP contribution in [0.4, 0.5) is 5.69 Å². The third-order valence-corrected chi connectivity index (χ3v) is 2.86. The molecule has 1 aromatic carbocycles. The van der Waals surface area contributed by atoms with Crippen LogP contribution >= 0.6 is 23.2 Å². The Hall–Kier alpha value is -0.770. The number of carbonyl (C=O) groups excluding carboxylic acids is 1. The highest BCUT2D eigenvalue weighted by Crippen LogP contribution is 2.29. The lowest BCUT2D eigenvalue weighted by Gasteiger charge is -2.16. The molecule has 0 unspecified atom stereocenters. The van der Waals surface area contributed by atoms with Crippen molar-refractivity contribution in [3.63, 3.8) is 0 Å². The molecule has 0 spiro atoms. The summed E-state index contributed by atoms with van der Waals surface area (Å²) in [5.74, 6) is -0.230. The Labute approximate surface area is 105 Å². The standard InChI is InChI=1S/C11H14Cl2N2O/c1-6(2)9(14)11(16)15-10-7(12)4-3-5-8(10)13/h3-6,9H,14H2,1-2H3,(H,15,16)/t9-/m0/s1. The summed E-state index contributed by atoms with van der Waals surface area (Å²) in [4.78, 5) is 11.7. The summed E-state index contributed by atoms with van der Waals surface area (Å²) in [6.45, 7) is 3.75. The number of amides is 1. The van der Waals surface area contributed by atoms with E-state index in [0.717, 1.165) is 0 Å². The fourth-order valence-corrected chi connectivity index (χ4v) is 1.62. The van der Waals surface area contributed by atoms with Gasteiger partial charge in [-0.25, -0.2) is 0 Å². The SMILES string of the molecule is CC(C)[C@H](N)C(=O)Nc1c(Cl)cccc1Cl. The van der Waals surface area contributed by atoms with E-state index in [-0.39, 0.29) is 11.8 Å². The molecule has 16 heavy (non-hydrogen) atoms. The lowest BCUT2D eigenvalue weighted by molar-refractivity contribution is -0.118. The maximum Gasteiger partial charge on any atom is 0.241 e. The maximum absolute atomic E-state index is 11.7. The predicted octanol–water partition coefficient (Wildman–Crippen LogP) is 2.92. The molecule has 0 aromatic heterocycles. The Morgan fingerprint density at radius 3 is 2.25 bits per heavy atom. The molecular formula is C11H14Cl2N2O. The number of halogens is 2. The molecule has 0 bridgehead atoms.